The van der Waals surface area contributed by atoms with Gasteiger partial charge in [0.15, 0.2) is 0 Å². The van der Waals surface area contributed by atoms with Gasteiger partial charge in [0.1, 0.15) is 5.82 Å². The maximum atomic E-state index is 13.9. The SMILES string of the molecule is CCN1CCN(C(=O)[C@@]2(C)CC(c3ccccc3F)=NO2)CC1. The minimum atomic E-state index is -1.04. The number of carbonyl (C=O) groups is 1. The van der Waals surface area contributed by atoms with Gasteiger partial charge < -0.3 is 14.6 Å². The summed E-state index contributed by atoms with van der Waals surface area (Å²) in [7, 11) is 0. The molecule has 1 aromatic carbocycles. The summed E-state index contributed by atoms with van der Waals surface area (Å²) in [5.41, 5.74) is -0.141. The van der Waals surface area contributed by atoms with E-state index in [4.69, 9.17) is 4.84 Å². The van der Waals surface area contributed by atoms with Crippen LogP contribution in [0.2, 0.25) is 0 Å². The van der Waals surface area contributed by atoms with Gasteiger partial charge in [0.05, 0.1) is 5.71 Å². The first-order valence-corrected chi connectivity index (χ1v) is 8.05. The molecule has 0 bridgehead atoms. The number of oxime groups is 1. The summed E-state index contributed by atoms with van der Waals surface area (Å²) in [6.45, 7) is 7.99. The first kappa shape index (κ1) is 15.9. The van der Waals surface area contributed by atoms with Crippen LogP contribution >= 0.6 is 0 Å². The number of amides is 1. The highest BCUT2D eigenvalue weighted by molar-refractivity contribution is 6.05. The molecule has 6 heteroatoms. The third kappa shape index (κ3) is 3.08. The lowest BCUT2D eigenvalue weighted by Gasteiger charge is -2.37. The summed E-state index contributed by atoms with van der Waals surface area (Å²) >= 11 is 0. The van der Waals surface area contributed by atoms with E-state index in [9.17, 15) is 9.18 Å². The Kier molecular flexibility index (Phi) is 4.35. The molecule has 23 heavy (non-hydrogen) atoms. The Morgan fingerprint density at radius 3 is 2.65 bits per heavy atom. The zero-order chi connectivity index (χ0) is 16.4. The highest BCUT2D eigenvalue weighted by atomic mass is 19.1. The maximum absolute atomic E-state index is 13.9. The van der Waals surface area contributed by atoms with Crippen LogP contribution in [-0.4, -0.2) is 59.7 Å². The second kappa shape index (κ2) is 6.28. The Balaban J connectivity index is 1.68. The van der Waals surface area contributed by atoms with Crippen LogP contribution in [0.5, 0.6) is 0 Å². The van der Waals surface area contributed by atoms with Crippen LogP contribution in [0, 0.1) is 5.82 Å². The molecule has 0 radical (unpaired) electrons. The number of halogens is 1. The molecular weight excluding hydrogens is 297 g/mol. The van der Waals surface area contributed by atoms with Gasteiger partial charge in [0.2, 0.25) is 5.60 Å². The molecule has 0 aliphatic carbocycles. The predicted octanol–water partition coefficient (Wildman–Crippen LogP) is 1.87. The molecule has 0 aromatic heterocycles. The van der Waals surface area contributed by atoms with Crippen LogP contribution in [0.25, 0.3) is 0 Å². The molecule has 2 aliphatic heterocycles. The van der Waals surface area contributed by atoms with Crippen molar-refractivity contribution < 1.29 is 14.0 Å². The molecule has 2 heterocycles. The summed E-state index contributed by atoms with van der Waals surface area (Å²) in [6, 6.07) is 6.43. The van der Waals surface area contributed by atoms with Gasteiger partial charge in [-0.3, -0.25) is 4.79 Å². The smallest absolute Gasteiger partial charge is 0.269 e. The fourth-order valence-electron chi connectivity index (χ4n) is 3.10. The third-order valence-electron chi connectivity index (χ3n) is 4.61. The van der Waals surface area contributed by atoms with Crippen molar-refractivity contribution in [2.24, 2.45) is 5.16 Å². The topological polar surface area (TPSA) is 45.1 Å². The van der Waals surface area contributed by atoms with Crippen molar-refractivity contribution in [2.75, 3.05) is 32.7 Å². The molecule has 2 aliphatic rings. The highest BCUT2D eigenvalue weighted by Crippen LogP contribution is 2.29. The molecule has 0 saturated carbocycles. The van der Waals surface area contributed by atoms with Gasteiger partial charge in [-0.2, -0.15) is 0 Å². The Morgan fingerprint density at radius 1 is 1.30 bits per heavy atom. The number of hydrogen-bond donors (Lipinski definition) is 0. The average molecular weight is 319 g/mol. The summed E-state index contributed by atoms with van der Waals surface area (Å²) < 4.78 is 13.9. The van der Waals surface area contributed by atoms with E-state index in [1.165, 1.54) is 6.07 Å². The number of hydrogen-bond acceptors (Lipinski definition) is 4. The van der Waals surface area contributed by atoms with Gasteiger partial charge in [0.25, 0.3) is 5.91 Å². The van der Waals surface area contributed by atoms with E-state index in [2.05, 4.69) is 17.0 Å². The first-order valence-electron chi connectivity index (χ1n) is 8.05. The quantitative estimate of drug-likeness (QED) is 0.854. The summed E-state index contributed by atoms with van der Waals surface area (Å²) in [5, 5.41) is 3.99. The summed E-state index contributed by atoms with van der Waals surface area (Å²) in [4.78, 5) is 22.4. The molecule has 1 atom stereocenters. The second-order valence-corrected chi connectivity index (χ2v) is 6.24. The minimum absolute atomic E-state index is 0.0663. The van der Waals surface area contributed by atoms with Crippen molar-refractivity contribution >= 4 is 11.6 Å². The largest absolute Gasteiger partial charge is 0.379 e. The molecule has 0 unspecified atom stereocenters. The molecule has 1 aromatic rings. The Labute approximate surface area is 135 Å². The lowest BCUT2D eigenvalue weighted by molar-refractivity contribution is -0.155. The van der Waals surface area contributed by atoms with E-state index in [0.29, 0.717) is 30.8 Å². The molecule has 1 fully saturated rings. The monoisotopic (exact) mass is 319 g/mol. The zero-order valence-electron chi connectivity index (χ0n) is 13.6. The van der Waals surface area contributed by atoms with E-state index in [1.807, 2.05) is 4.90 Å². The minimum Gasteiger partial charge on any atom is -0.379 e. The lowest BCUT2D eigenvalue weighted by Crippen LogP contribution is -2.54. The van der Waals surface area contributed by atoms with Gasteiger partial charge in [-0.1, -0.05) is 30.3 Å². The van der Waals surface area contributed by atoms with E-state index in [0.717, 1.165) is 19.6 Å². The van der Waals surface area contributed by atoms with Crippen LogP contribution in [0.4, 0.5) is 4.39 Å². The molecule has 1 saturated heterocycles. The first-order chi connectivity index (χ1) is 11.0. The summed E-state index contributed by atoms with van der Waals surface area (Å²) in [6.07, 6.45) is 0.292. The third-order valence-corrected chi connectivity index (χ3v) is 4.61. The molecule has 0 N–H and O–H groups in total. The number of likely N-dealkylation sites (N-methyl/N-ethyl adjacent to an activating group) is 1. The molecule has 124 valence electrons. The van der Waals surface area contributed by atoms with Crippen molar-refractivity contribution in [3.05, 3.63) is 35.6 Å². The molecular formula is C17H22FN3O2. The van der Waals surface area contributed by atoms with Crippen molar-refractivity contribution in [1.82, 2.24) is 9.80 Å². The van der Waals surface area contributed by atoms with Crippen molar-refractivity contribution in [3.8, 4) is 0 Å². The zero-order valence-corrected chi connectivity index (χ0v) is 13.6. The number of carbonyl (C=O) groups excluding carboxylic acids is 1. The maximum Gasteiger partial charge on any atom is 0.269 e. The van der Waals surface area contributed by atoms with Gasteiger partial charge in [-0.25, -0.2) is 4.39 Å². The van der Waals surface area contributed by atoms with E-state index in [1.54, 1.807) is 25.1 Å². The van der Waals surface area contributed by atoms with Crippen LogP contribution in [0.15, 0.2) is 29.4 Å². The van der Waals surface area contributed by atoms with Crippen LogP contribution in [-0.2, 0) is 9.63 Å². The average Bonchev–Trinajstić information content (AvgIpc) is 2.98. The van der Waals surface area contributed by atoms with E-state index < -0.39 is 5.60 Å². The van der Waals surface area contributed by atoms with Crippen molar-refractivity contribution in [3.63, 3.8) is 0 Å². The second-order valence-electron chi connectivity index (χ2n) is 6.24. The fraction of sp³-hybridized carbons (Fsp3) is 0.529. The number of piperazine rings is 1. The van der Waals surface area contributed by atoms with Crippen molar-refractivity contribution in [1.29, 1.82) is 0 Å². The van der Waals surface area contributed by atoms with Crippen molar-refractivity contribution in [2.45, 2.75) is 25.9 Å². The molecule has 1 amide bonds. The van der Waals surface area contributed by atoms with Crippen LogP contribution in [0.1, 0.15) is 25.8 Å². The van der Waals surface area contributed by atoms with Crippen LogP contribution < -0.4 is 0 Å². The normalized spacial score (nSPS) is 25.2. The molecule has 3 rings (SSSR count). The van der Waals surface area contributed by atoms with Gasteiger partial charge in [-0.15, -0.1) is 0 Å². The molecule has 0 spiro atoms. The number of rotatable bonds is 3. The van der Waals surface area contributed by atoms with Gasteiger partial charge in [-0.05, 0) is 19.5 Å². The Bertz CT molecular complexity index is 626. The van der Waals surface area contributed by atoms with E-state index >= 15 is 0 Å². The standard InChI is InChI=1S/C17H22FN3O2/c1-3-20-8-10-21(11-9-20)16(22)17(2)12-15(19-23-17)13-6-4-5-7-14(13)18/h4-7H,3,8-12H2,1-2H3/t17-/m1/s1. The van der Waals surface area contributed by atoms with Gasteiger partial charge >= 0.3 is 0 Å². The summed E-state index contributed by atoms with van der Waals surface area (Å²) in [5.74, 6) is -0.411. The lowest BCUT2D eigenvalue weighted by atomic mass is 9.94. The predicted molar refractivity (Wildman–Crippen MR) is 85.7 cm³/mol. The van der Waals surface area contributed by atoms with E-state index in [-0.39, 0.29) is 11.7 Å². The Hall–Kier alpha value is -1.95. The highest BCUT2D eigenvalue weighted by Gasteiger charge is 2.45. The fourth-order valence-corrected chi connectivity index (χ4v) is 3.10. The number of benzene rings is 1. The molecule has 5 nitrogen and oxygen atoms in total. The number of nitrogens with zero attached hydrogens (tertiary/aromatic N) is 3. The Morgan fingerprint density at radius 2 is 2.00 bits per heavy atom. The van der Waals surface area contributed by atoms with Crippen LogP contribution in [0.3, 0.4) is 0 Å². The van der Waals surface area contributed by atoms with Gasteiger partial charge in [0, 0.05) is 38.2 Å².